The first-order valence-electron chi connectivity index (χ1n) is 7.49. The Morgan fingerprint density at radius 1 is 0.955 bits per heavy atom. The van der Waals surface area contributed by atoms with E-state index in [2.05, 4.69) is 12.1 Å². The average Bonchev–Trinajstić information content (AvgIpc) is 2.46. The fraction of sp³-hybridized carbons (Fsp3) is 0.316. The van der Waals surface area contributed by atoms with Crippen molar-refractivity contribution in [2.24, 2.45) is 11.3 Å². The van der Waals surface area contributed by atoms with Gasteiger partial charge >= 0.3 is 5.97 Å². The van der Waals surface area contributed by atoms with Crippen LogP contribution in [0, 0.1) is 11.3 Å². The first kappa shape index (κ1) is 16.6. The Labute approximate surface area is 137 Å². The molecule has 2 nitrogen and oxygen atoms in total. The van der Waals surface area contributed by atoms with Crippen LogP contribution < -0.4 is 0 Å². The number of carbonyl (C=O) groups is 1. The second kappa shape index (κ2) is 6.97. The molecule has 2 aromatic rings. The van der Waals surface area contributed by atoms with E-state index in [1.807, 2.05) is 48.5 Å². The largest absolute Gasteiger partial charge is 0.481 e. The van der Waals surface area contributed by atoms with Gasteiger partial charge in [0.25, 0.3) is 0 Å². The minimum Gasteiger partial charge on any atom is -0.481 e. The van der Waals surface area contributed by atoms with Gasteiger partial charge in [0.05, 0.1) is 5.41 Å². The molecule has 0 saturated heterocycles. The Kier molecular flexibility index (Phi) is 5.25. The van der Waals surface area contributed by atoms with Crippen molar-refractivity contribution in [2.45, 2.75) is 25.7 Å². The third-order valence-electron chi connectivity index (χ3n) is 4.57. The molecule has 0 bridgehead atoms. The molecule has 3 heteroatoms. The predicted octanol–water partition coefficient (Wildman–Crippen LogP) is 4.37. The van der Waals surface area contributed by atoms with Gasteiger partial charge in [-0.2, -0.15) is 0 Å². The lowest BCUT2D eigenvalue weighted by molar-refractivity contribution is -0.158. The molecule has 1 aliphatic rings. The minimum atomic E-state index is -0.643. The van der Waals surface area contributed by atoms with Gasteiger partial charge in [0, 0.05) is 0 Å². The van der Waals surface area contributed by atoms with E-state index in [-0.39, 0.29) is 12.4 Å². The van der Waals surface area contributed by atoms with Gasteiger partial charge in [-0.1, -0.05) is 60.7 Å². The van der Waals surface area contributed by atoms with Crippen molar-refractivity contribution in [3.63, 3.8) is 0 Å². The molecular formula is C19H21ClO2. The van der Waals surface area contributed by atoms with Crippen LogP contribution in [0.2, 0.25) is 0 Å². The van der Waals surface area contributed by atoms with Crippen molar-refractivity contribution in [1.82, 2.24) is 0 Å². The van der Waals surface area contributed by atoms with Gasteiger partial charge in [0.15, 0.2) is 0 Å². The third-order valence-corrected chi connectivity index (χ3v) is 4.57. The van der Waals surface area contributed by atoms with Crippen molar-refractivity contribution in [1.29, 1.82) is 0 Å². The maximum Gasteiger partial charge on any atom is 0.309 e. The first-order valence-corrected chi connectivity index (χ1v) is 7.49. The van der Waals surface area contributed by atoms with Crippen LogP contribution in [0.4, 0.5) is 0 Å². The molecule has 0 atom stereocenters. The standard InChI is InChI=1S/C19H20O2.ClH/c20-18(21)19(12-16-9-5-2-6-10-16)13-17(14-19)11-15-7-3-1-4-8-15;/h1-10,17H,11-14H2,(H,20,21);1H. The number of carboxylic acid groups (broad SMARTS) is 1. The SMILES string of the molecule is Cl.O=C(O)C1(Cc2ccccc2)CC(Cc2ccccc2)C1. The molecule has 0 amide bonds. The van der Waals surface area contributed by atoms with Crippen LogP contribution in [-0.4, -0.2) is 11.1 Å². The highest BCUT2D eigenvalue weighted by Gasteiger charge is 2.49. The van der Waals surface area contributed by atoms with Crippen LogP contribution in [0.25, 0.3) is 0 Å². The lowest BCUT2D eigenvalue weighted by Crippen LogP contribution is -2.46. The highest BCUT2D eigenvalue weighted by atomic mass is 35.5. The summed E-state index contributed by atoms with van der Waals surface area (Å²) < 4.78 is 0. The smallest absolute Gasteiger partial charge is 0.309 e. The topological polar surface area (TPSA) is 37.3 Å². The number of hydrogen-bond acceptors (Lipinski definition) is 1. The van der Waals surface area contributed by atoms with Crippen molar-refractivity contribution in [2.75, 3.05) is 0 Å². The van der Waals surface area contributed by atoms with Crippen LogP contribution in [0.5, 0.6) is 0 Å². The summed E-state index contributed by atoms with van der Waals surface area (Å²) in [5.41, 5.74) is 1.88. The summed E-state index contributed by atoms with van der Waals surface area (Å²) in [7, 11) is 0. The zero-order valence-electron chi connectivity index (χ0n) is 12.4. The number of hydrogen-bond donors (Lipinski definition) is 1. The van der Waals surface area contributed by atoms with Gasteiger partial charge in [-0.25, -0.2) is 0 Å². The molecular weight excluding hydrogens is 296 g/mol. The van der Waals surface area contributed by atoms with Gasteiger partial charge in [-0.15, -0.1) is 12.4 Å². The van der Waals surface area contributed by atoms with E-state index < -0.39 is 11.4 Å². The predicted molar refractivity (Wildman–Crippen MR) is 90.3 cm³/mol. The third kappa shape index (κ3) is 3.50. The molecule has 3 rings (SSSR count). The molecule has 1 N–H and O–H groups in total. The fourth-order valence-electron chi connectivity index (χ4n) is 3.52. The zero-order chi connectivity index (χ0) is 14.7. The molecule has 2 aromatic carbocycles. The average molecular weight is 317 g/mol. The Balaban J connectivity index is 0.00000176. The van der Waals surface area contributed by atoms with E-state index in [1.54, 1.807) is 0 Å². The van der Waals surface area contributed by atoms with E-state index >= 15 is 0 Å². The highest BCUT2D eigenvalue weighted by Crippen LogP contribution is 2.49. The Bertz CT molecular complexity index is 604. The first-order chi connectivity index (χ1) is 10.2. The van der Waals surface area contributed by atoms with Gasteiger partial charge in [0.2, 0.25) is 0 Å². The van der Waals surface area contributed by atoms with Crippen molar-refractivity contribution in [3.05, 3.63) is 71.8 Å². The molecule has 1 fully saturated rings. The fourth-order valence-corrected chi connectivity index (χ4v) is 3.52. The Hall–Kier alpha value is -1.80. The molecule has 1 saturated carbocycles. The van der Waals surface area contributed by atoms with Gasteiger partial charge < -0.3 is 5.11 Å². The van der Waals surface area contributed by atoms with E-state index in [0.717, 1.165) is 24.8 Å². The summed E-state index contributed by atoms with van der Waals surface area (Å²) in [5.74, 6) is -0.150. The molecule has 0 unspecified atom stereocenters. The van der Waals surface area contributed by atoms with Crippen LogP contribution in [0.3, 0.4) is 0 Å². The van der Waals surface area contributed by atoms with Crippen molar-refractivity contribution >= 4 is 18.4 Å². The van der Waals surface area contributed by atoms with E-state index in [4.69, 9.17) is 0 Å². The van der Waals surface area contributed by atoms with Crippen LogP contribution in [-0.2, 0) is 17.6 Å². The zero-order valence-corrected chi connectivity index (χ0v) is 13.3. The molecule has 0 aliphatic heterocycles. The number of halogens is 1. The van der Waals surface area contributed by atoms with Gasteiger partial charge in [-0.3, -0.25) is 4.79 Å². The molecule has 1 aliphatic carbocycles. The summed E-state index contributed by atoms with van der Waals surface area (Å²) in [5, 5.41) is 9.63. The van der Waals surface area contributed by atoms with E-state index in [1.165, 1.54) is 5.56 Å². The molecule has 0 aromatic heterocycles. The summed E-state index contributed by atoms with van der Waals surface area (Å²) in [6, 6.07) is 20.3. The van der Waals surface area contributed by atoms with E-state index in [9.17, 15) is 9.90 Å². The summed E-state index contributed by atoms with van der Waals surface area (Å²) in [4.78, 5) is 11.7. The second-order valence-electron chi connectivity index (χ2n) is 6.21. The normalized spacial score (nSPS) is 23.2. The van der Waals surface area contributed by atoms with Crippen LogP contribution in [0.15, 0.2) is 60.7 Å². The second-order valence-corrected chi connectivity index (χ2v) is 6.21. The Morgan fingerprint density at radius 2 is 1.45 bits per heavy atom. The highest BCUT2D eigenvalue weighted by molar-refractivity contribution is 5.85. The van der Waals surface area contributed by atoms with Crippen molar-refractivity contribution < 1.29 is 9.90 Å². The molecule has 116 valence electrons. The summed E-state index contributed by atoms with van der Waals surface area (Å²) in [6.07, 6.45) is 3.21. The van der Waals surface area contributed by atoms with Gasteiger partial charge in [0.1, 0.15) is 0 Å². The maximum absolute atomic E-state index is 11.7. The van der Waals surface area contributed by atoms with E-state index in [0.29, 0.717) is 12.3 Å². The number of rotatable bonds is 5. The van der Waals surface area contributed by atoms with Crippen molar-refractivity contribution in [3.8, 4) is 0 Å². The summed E-state index contributed by atoms with van der Waals surface area (Å²) in [6.45, 7) is 0. The number of carboxylic acids is 1. The maximum atomic E-state index is 11.7. The van der Waals surface area contributed by atoms with Gasteiger partial charge in [-0.05, 0) is 42.7 Å². The number of benzene rings is 2. The summed E-state index contributed by atoms with van der Waals surface area (Å²) >= 11 is 0. The molecule has 22 heavy (non-hydrogen) atoms. The molecule has 0 spiro atoms. The number of aliphatic carboxylic acids is 1. The minimum absolute atomic E-state index is 0. The molecule has 0 heterocycles. The quantitative estimate of drug-likeness (QED) is 0.889. The van der Waals surface area contributed by atoms with Crippen LogP contribution in [0.1, 0.15) is 24.0 Å². The lowest BCUT2D eigenvalue weighted by atomic mass is 9.58. The monoisotopic (exact) mass is 316 g/mol. The lowest BCUT2D eigenvalue weighted by Gasteiger charge is -2.45. The molecule has 0 radical (unpaired) electrons. The Morgan fingerprint density at radius 3 is 1.95 bits per heavy atom. The van der Waals surface area contributed by atoms with Crippen LogP contribution >= 0.6 is 12.4 Å².